The highest BCUT2D eigenvalue weighted by Gasteiger charge is 2.22. The lowest BCUT2D eigenvalue weighted by atomic mass is 10.0. The molecule has 1 heterocycles. The molecule has 1 atom stereocenters. The fourth-order valence-corrected chi connectivity index (χ4v) is 4.09. The van der Waals surface area contributed by atoms with Crippen molar-refractivity contribution in [1.82, 2.24) is 4.90 Å². The Kier molecular flexibility index (Phi) is 5.79. The third-order valence-corrected chi connectivity index (χ3v) is 5.10. The van der Waals surface area contributed by atoms with Gasteiger partial charge >= 0.3 is 0 Å². The van der Waals surface area contributed by atoms with Crippen molar-refractivity contribution in [3.63, 3.8) is 0 Å². The van der Waals surface area contributed by atoms with Crippen LogP contribution in [0.4, 0.5) is 0 Å². The molecule has 1 rings (SSSR count). The normalized spacial score (nSPS) is 21.5. The van der Waals surface area contributed by atoms with Gasteiger partial charge < -0.3 is 4.90 Å². The number of rotatable bonds is 5. The molecule has 1 fully saturated rings. The lowest BCUT2D eigenvalue weighted by Gasteiger charge is -2.33. The summed E-state index contributed by atoms with van der Waals surface area (Å²) >= 11 is 1.41. The second-order valence-electron chi connectivity index (χ2n) is 4.61. The van der Waals surface area contributed by atoms with Crippen LogP contribution in [0.3, 0.4) is 0 Å². The largest absolute Gasteiger partial charge is 0.339 e. The van der Waals surface area contributed by atoms with Crippen LogP contribution in [-0.4, -0.2) is 55.3 Å². The summed E-state index contributed by atoms with van der Waals surface area (Å²) in [5.74, 6) is 1.21. The van der Waals surface area contributed by atoms with E-state index in [0.29, 0.717) is 17.5 Å². The van der Waals surface area contributed by atoms with Crippen LogP contribution in [0.5, 0.6) is 0 Å². The topological polar surface area (TPSA) is 54.5 Å². The molecule has 0 bridgehead atoms. The quantitative estimate of drug-likeness (QED) is 0.709. The predicted octanol–water partition coefficient (Wildman–Crippen LogP) is 1.17. The Morgan fingerprint density at radius 1 is 1.41 bits per heavy atom. The van der Waals surface area contributed by atoms with Crippen LogP contribution in [0.15, 0.2) is 0 Å². The van der Waals surface area contributed by atoms with Gasteiger partial charge in [-0.3, -0.25) is 4.79 Å². The van der Waals surface area contributed by atoms with Gasteiger partial charge in [-0.1, -0.05) is 0 Å². The van der Waals surface area contributed by atoms with Gasteiger partial charge in [-0.15, -0.1) is 0 Å². The molecule has 0 spiro atoms. The van der Waals surface area contributed by atoms with Crippen LogP contribution in [0.25, 0.3) is 0 Å². The van der Waals surface area contributed by atoms with Crippen molar-refractivity contribution in [2.45, 2.75) is 32.2 Å². The first-order chi connectivity index (χ1) is 7.90. The number of nitrogens with zero attached hydrogens (tertiary/aromatic N) is 1. The molecule has 100 valence electrons. The Morgan fingerprint density at radius 3 is 2.71 bits per heavy atom. The highest BCUT2D eigenvalue weighted by Crippen LogP contribution is 2.17. The SMILES string of the molecule is C[C@@H]1CCCCN1C(=O)CSCCS(C)(=O)=O. The van der Waals surface area contributed by atoms with E-state index in [1.165, 1.54) is 24.4 Å². The molecule has 1 aliphatic rings. The average Bonchev–Trinajstić information content (AvgIpc) is 2.23. The van der Waals surface area contributed by atoms with Crippen LogP contribution >= 0.6 is 11.8 Å². The molecule has 1 aliphatic heterocycles. The van der Waals surface area contributed by atoms with Crippen LogP contribution in [0.2, 0.25) is 0 Å². The zero-order valence-electron chi connectivity index (χ0n) is 10.5. The van der Waals surface area contributed by atoms with Crippen LogP contribution in [-0.2, 0) is 14.6 Å². The number of piperidine rings is 1. The maximum absolute atomic E-state index is 11.9. The molecule has 0 aromatic rings. The van der Waals surface area contributed by atoms with Crippen molar-refractivity contribution in [2.24, 2.45) is 0 Å². The minimum Gasteiger partial charge on any atom is -0.339 e. The highest BCUT2D eigenvalue weighted by atomic mass is 32.2. The number of amides is 1. The molecule has 0 aliphatic carbocycles. The Labute approximate surface area is 108 Å². The first-order valence-corrected chi connectivity index (χ1v) is 9.16. The Morgan fingerprint density at radius 2 is 2.12 bits per heavy atom. The van der Waals surface area contributed by atoms with Crippen LogP contribution in [0, 0.1) is 0 Å². The summed E-state index contributed by atoms with van der Waals surface area (Å²) < 4.78 is 21.8. The molecule has 0 unspecified atom stereocenters. The Hall–Kier alpha value is -0.230. The van der Waals surface area contributed by atoms with E-state index >= 15 is 0 Å². The fraction of sp³-hybridized carbons (Fsp3) is 0.909. The van der Waals surface area contributed by atoms with Crippen molar-refractivity contribution < 1.29 is 13.2 Å². The molecule has 0 aromatic carbocycles. The van der Waals surface area contributed by atoms with Gasteiger partial charge in [0, 0.05) is 24.6 Å². The molecule has 0 N–H and O–H groups in total. The summed E-state index contributed by atoms with van der Waals surface area (Å²) in [6.45, 7) is 2.94. The zero-order chi connectivity index (χ0) is 12.9. The van der Waals surface area contributed by atoms with Crippen molar-refractivity contribution in [1.29, 1.82) is 0 Å². The van der Waals surface area contributed by atoms with Crippen LogP contribution in [0.1, 0.15) is 26.2 Å². The number of sulfone groups is 1. The van der Waals surface area contributed by atoms with Crippen molar-refractivity contribution >= 4 is 27.5 Å². The van der Waals surface area contributed by atoms with Crippen molar-refractivity contribution in [2.75, 3.05) is 30.1 Å². The van der Waals surface area contributed by atoms with Gasteiger partial charge in [0.2, 0.25) is 5.91 Å². The predicted molar refractivity (Wildman–Crippen MR) is 72.1 cm³/mol. The molecular formula is C11H21NO3S2. The fourth-order valence-electron chi connectivity index (χ4n) is 1.92. The zero-order valence-corrected chi connectivity index (χ0v) is 12.1. The van der Waals surface area contributed by atoms with Gasteiger partial charge in [0.15, 0.2) is 0 Å². The summed E-state index contributed by atoms with van der Waals surface area (Å²) in [6.07, 6.45) is 4.60. The monoisotopic (exact) mass is 279 g/mol. The molecule has 1 amide bonds. The maximum Gasteiger partial charge on any atom is 0.232 e. The van der Waals surface area contributed by atoms with Gasteiger partial charge in [0.25, 0.3) is 0 Å². The standard InChI is InChI=1S/C11H21NO3S2/c1-10-5-3-4-6-12(10)11(13)9-16-7-8-17(2,14)15/h10H,3-9H2,1-2H3/t10-/m1/s1. The number of likely N-dealkylation sites (tertiary alicyclic amines) is 1. The molecule has 0 saturated carbocycles. The second-order valence-corrected chi connectivity index (χ2v) is 7.98. The molecule has 0 aromatic heterocycles. The number of carbonyl (C=O) groups excluding carboxylic acids is 1. The number of carbonyl (C=O) groups is 1. The van der Waals surface area contributed by atoms with E-state index in [9.17, 15) is 13.2 Å². The summed E-state index contributed by atoms with van der Waals surface area (Å²) in [5, 5.41) is 0. The summed E-state index contributed by atoms with van der Waals surface area (Å²) in [6, 6.07) is 0.340. The summed E-state index contributed by atoms with van der Waals surface area (Å²) in [5.41, 5.74) is 0. The Bertz CT molecular complexity index is 354. The van der Waals surface area contributed by atoms with Crippen molar-refractivity contribution in [3.05, 3.63) is 0 Å². The lowest BCUT2D eigenvalue weighted by molar-refractivity contribution is -0.131. The molecule has 6 heteroatoms. The lowest BCUT2D eigenvalue weighted by Crippen LogP contribution is -2.43. The van der Waals surface area contributed by atoms with Gasteiger partial charge in [-0.25, -0.2) is 8.42 Å². The second kappa shape index (κ2) is 6.64. The summed E-state index contributed by atoms with van der Waals surface area (Å²) in [4.78, 5) is 13.8. The van der Waals surface area contributed by atoms with E-state index in [4.69, 9.17) is 0 Å². The smallest absolute Gasteiger partial charge is 0.232 e. The average molecular weight is 279 g/mol. The van der Waals surface area contributed by atoms with Gasteiger partial charge in [-0.05, 0) is 26.2 Å². The number of hydrogen-bond donors (Lipinski definition) is 0. The number of thioether (sulfide) groups is 1. The van der Waals surface area contributed by atoms with Gasteiger partial charge in [0.05, 0.1) is 11.5 Å². The molecular weight excluding hydrogens is 258 g/mol. The minimum absolute atomic E-state index is 0.149. The first kappa shape index (κ1) is 14.8. The van der Waals surface area contributed by atoms with E-state index in [0.717, 1.165) is 19.4 Å². The Balaban J connectivity index is 2.24. The molecule has 1 saturated heterocycles. The first-order valence-electron chi connectivity index (χ1n) is 5.95. The van der Waals surface area contributed by atoms with E-state index < -0.39 is 9.84 Å². The third-order valence-electron chi connectivity index (χ3n) is 2.95. The maximum atomic E-state index is 11.9. The third kappa shape index (κ3) is 5.77. The highest BCUT2D eigenvalue weighted by molar-refractivity contribution is 8.01. The molecule has 17 heavy (non-hydrogen) atoms. The minimum atomic E-state index is -2.90. The molecule has 0 radical (unpaired) electrons. The number of hydrogen-bond acceptors (Lipinski definition) is 4. The van der Waals surface area contributed by atoms with E-state index in [1.807, 2.05) is 4.90 Å². The van der Waals surface area contributed by atoms with Gasteiger partial charge in [-0.2, -0.15) is 11.8 Å². The summed E-state index contributed by atoms with van der Waals surface area (Å²) in [7, 11) is -2.90. The molecule has 4 nitrogen and oxygen atoms in total. The van der Waals surface area contributed by atoms with E-state index in [2.05, 4.69) is 6.92 Å². The van der Waals surface area contributed by atoms with Crippen molar-refractivity contribution in [3.8, 4) is 0 Å². The van der Waals surface area contributed by atoms with E-state index in [-0.39, 0.29) is 11.7 Å². The van der Waals surface area contributed by atoms with Gasteiger partial charge in [0.1, 0.15) is 9.84 Å². The van der Waals surface area contributed by atoms with E-state index in [1.54, 1.807) is 0 Å². The van der Waals surface area contributed by atoms with Crippen LogP contribution < -0.4 is 0 Å².